The Morgan fingerprint density at radius 2 is 1.03 bits per heavy atom. The van der Waals surface area contributed by atoms with Crippen molar-refractivity contribution in [3.63, 3.8) is 0 Å². The second kappa shape index (κ2) is 39.4. The van der Waals surface area contributed by atoms with Crippen molar-refractivity contribution in [1.29, 1.82) is 0 Å². The van der Waals surface area contributed by atoms with Crippen LogP contribution < -0.4 is 70.8 Å². The number of nitrogens with two attached hydrogens (primary N) is 4. The van der Waals surface area contributed by atoms with Gasteiger partial charge >= 0.3 is 0 Å². The molecule has 0 saturated carbocycles. The van der Waals surface area contributed by atoms with Crippen molar-refractivity contribution in [2.45, 2.75) is 165 Å². The minimum absolute atomic E-state index is 0.00658. The summed E-state index contributed by atoms with van der Waals surface area (Å²) in [6.45, 7) is 5.62. The maximum Gasteiger partial charge on any atom is 0.245 e. The predicted molar refractivity (Wildman–Crippen MR) is 380 cm³/mol. The van der Waals surface area contributed by atoms with Crippen LogP contribution in [0.25, 0.3) is 10.1 Å². The number of primary amides is 1. The van der Waals surface area contributed by atoms with Crippen LogP contribution in [0.4, 0.5) is 0 Å². The van der Waals surface area contributed by atoms with E-state index in [0.29, 0.717) is 45.1 Å². The maximum absolute atomic E-state index is 14.9. The number of hydrogen-bond acceptors (Lipinski definition) is 16. The van der Waals surface area contributed by atoms with E-state index >= 15 is 0 Å². The summed E-state index contributed by atoms with van der Waals surface area (Å²) in [4.78, 5) is 160. The number of benzene rings is 4. The molecule has 0 spiro atoms. The van der Waals surface area contributed by atoms with Crippen molar-refractivity contribution in [3.8, 4) is 5.75 Å². The summed E-state index contributed by atoms with van der Waals surface area (Å²) in [5.74, 6) is -9.29. The highest BCUT2D eigenvalue weighted by Gasteiger charge is 2.40. The first-order chi connectivity index (χ1) is 47.6. The van der Waals surface area contributed by atoms with E-state index in [1.807, 2.05) is 18.2 Å². The molecular formula is C69H91Cl2N15O13S. The molecule has 31 heteroatoms. The fourth-order valence-electron chi connectivity index (χ4n) is 11.3. The van der Waals surface area contributed by atoms with Gasteiger partial charge in [-0.3, -0.25) is 57.7 Å². The number of unbranched alkanes of at least 4 members (excludes halogenated alkanes) is 1. The van der Waals surface area contributed by atoms with Crippen LogP contribution in [-0.2, 0) is 78.4 Å². The number of aromatic hydroxyl groups is 1. The Kier molecular flexibility index (Phi) is 31.3. The van der Waals surface area contributed by atoms with Crippen LogP contribution in [0.5, 0.6) is 5.75 Å². The molecule has 0 radical (unpaired) electrons. The zero-order valence-corrected chi connectivity index (χ0v) is 58.6. The summed E-state index contributed by atoms with van der Waals surface area (Å²) in [5, 5.41) is 48.7. The lowest BCUT2D eigenvalue weighted by molar-refractivity contribution is -0.142. The van der Waals surface area contributed by atoms with Crippen LogP contribution in [0.15, 0.2) is 107 Å². The van der Waals surface area contributed by atoms with Gasteiger partial charge in [-0.15, -0.1) is 11.3 Å². The fraction of sp³-hybridized carbons (Fsp3) is 0.449. The van der Waals surface area contributed by atoms with Gasteiger partial charge in [-0.1, -0.05) is 91.6 Å². The molecule has 28 nitrogen and oxygen atoms in total. The van der Waals surface area contributed by atoms with E-state index in [-0.39, 0.29) is 101 Å². The number of phenols is 1. The van der Waals surface area contributed by atoms with Crippen LogP contribution in [0.2, 0.25) is 10.0 Å². The van der Waals surface area contributed by atoms with Crippen LogP contribution in [0, 0.1) is 5.92 Å². The number of guanidine groups is 1. The zero-order valence-electron chi connectivity index (χ0n) is 56.2. The normalized spacial score (nSPS) is 15.4. The summed E-state index contributed by atoms with van der Waals surface area (Å²) in [5.41, 5.74) is 24.6. The van der Waals surface area contributed by atoms with Crippen LogP contribution in [0.1, 0.15) is 101 Å². The molecule has 19 N–H and O–H groups in total. The first-order valence-electron chi connectivity index (χ1n) is 33.0. The van der Waals surface area contributed by atoms with Gasteiger partial charge in [-0.2, -0.15) is 0 Å². The van der Waals surface area contributed by atoms with Crippen LogP contribution in [-0.4, -0.2) is 173 Å². The summed E-state index contributed by atoms with van der Waals surface area (Å²) >= 11 is 13.7. The number of thiophene rings is 1. The van der Waals surface area contributed by atoms with Gasteiger partial charge < -0.3 is 85.9 Å². The Balaban J connectivity index is 1.26. The molecule has 10 atom stereocenters. The molecule has 2 heterocycles. The second-order valence-corrected chi connectivity index (χ2v) is 26.8. The van der Waals surface area contributed by atoms with E-state index in [0.717, 1.165) is 10.1 Å². The van der Waals surface area contributed by atoms with E-state index in [1.54, 1.807) is 73.8 Å². The number of aliphatic imine (C=N–C) groups is 1. The number of amides is 11. The van der Waals surface area contributed by atoms with Crippen molar-refractivity contribution in [2.24, 2.45) is 33.8 Å². The topological polar surface area (TPSA) is 456 Å². The quantitative estimate of drug-likeness (QED) is 0.0150. The van der Waals surface area contributed by atoms with Gasteiger partial charge in [0.2, 0.25) is 65.0 Å². The summed E-state index contributed by atoms with van der Waals surface area (Å²) in [6.07, 6.45) is 0.970. The van der Waals surface area contributed by atoms with E-state index in [9.17, 15) is 63.0 Å². The smallest absolute Gasteiger partial charge is 0.245 e. The van der Waals surface area contributed by atoms with Crippen molar-refractivity contribution in [1.82, 2.24) is 52.8 Å². The molecule has 100 heavy (non-hydrogen) atoms. The molecule has 1 aromatic heterocycles. The first kappa shape index (κ1) is 79.6. The van der Waals surface area contributed by atoms with Gasteiger partial charge in [0.15, 0.2) is 5.96 Å². The number of nitrogens with one attached hydrogen (secondary N) is 9. The minimum Gasteiger partial charge on any atom is -0.508 e. The number of nitrogens with zero attached hydrogens (tertiary/aromatic N) is 2. The van der Waals surface area contributed by atoms with E-state index in [2.05, 4.69) is 52.8 Å². The standard InChI is InChI=1S/C69H91Cl2N15O13S/c1-38(2)31-51(61(92)80-50(13-9-29-76-69(74)75)68(99)86-30-10-14-57(86)67(98)77-39(3)59(73)90)81-60(91)49(12-7-8-28-72)79-63(94)53(34-43-20-26-47(89)27-21-43)83-66(97)56(36-87)85-65(96)55(35-44-37-100-58-15-6-5-11-48(44)58)84-64(95)54(33-42-18-24-46(71)25-19-42)82-62(93)52(78-40(4)88)32-41-16-22-45(70)23-17-41/h5-6,11,15-27,37-39,49-57,87,89H,7-10,12-14,28-36,72H2,1-4H3,(H2,73,90)(H,77,98)(H,78,88)(H,79,94)(H,80,92)(H,81,91)(H,82,93)(H,83,97)(H,84,95)(H,85,96)(H4,74,75,76)/t39-,49-,50+,51+,52-,53+,54-,55+,56+,57+/m1/s1. The summed E-state index contributed by atoms with van der Waals surface area (Å²) < 4.78 is 0.854. The molecular weight excluding hydrogens is 1350 g/mol. The van der Waals surface area contributed by atoms with Gasteiger partial charge in [-0.05, 0) is 146 Å². The number of aliphatic hydroxyl groups excluding tert-OH is 1. The number of likely N-dealkylation sites (tertiary alicyclic amines) is 1. The Bertz CT molecular complexity index is 3670. The average molecular weight is 1440 g/mol. The van der Waals surface area contributed by atoms with Gasteiger partial charge in [0.1, 0.15) is 66.2 Å². The Morgan fingerprint density at radius 1 is 0.570 bits per heavy atom. The number of hydrogen-bond donors (Lipinski definition) is 15. The molecule has 1 aliphatic rings. The Morgan fingerprint density at radius 3 is 1.55 bits per heavy atom. The molecule has 1 saturated heterocycles. The fourth-order valence-corrected chi connectivity index (χ4v) is 12.5. The molecule has 1 fully saturated rings. The molecule has 6 rings (SSSR count). The molecule has 11 amide bonds. The average Bonchev–Trinajstić information content (AvgIpc) is 1.63. The number of halogens is 2. The highest BCUT2D eigenvalue weighted by atomic mass is 35.5. The van der Waals surface area contributed by atoms with Gasteiger partial charge in [0.05, 0.1) is 6.61 Å². The first-order valence-corrected chi connectivity index (χ1v) is 34.6. The molecule has 4 aromatic carbocycles. The lowest BCUT2D eigenvalue weighted by Gasteiger charge is -2.31. The van der Waals surface area contributed by atoms with E-state index < -0.39 is 132 Å². The molecule has 0 unspecified atom stereocenters. The van der Waals surface area contributed by atoms with Gasteiger partial charge in [0, 0.05) is 60.4 Å². The Labute approximate surface area is 594 Å². The van der Waals surface area contributed by atoms with Crippen LogP contribution in [0.3, 0.4) is 0 Å². The van der Waals surface area contributed by atoms with Gasteiger partial charge in [-0.25, -0.2) is 0 Å². The van der Waals surface area contributed by atoms with E-state index in [4.69, 9.17) is 46.1 Å². The number of fused-ring (bicyclic) bond motifs is 1. The van der Waals surface area contributed by atoms with Crippen molar-refractivity contribution in [2.75, 3.05) is 26.2 Å². The Hall–Kier alpha value is -9.42. The number of aliphatic hydroxyl groups is 1. The third kappa shape index (κ3) is 25.1. The van der Waals surface area contributed by atoms with Crippen molar-refractivity contribution >= 4 is 116 Å². The maximum atomic E-state index is 14.9. The SMILES string of the molecule is CC(=O)N[C@H](Cc1ccc(Cl)cc1)C(=O)N[C@H](Cc1ccc(Cl)cc1)C(=O)N[C@@H](Cc1csc2ccccc12)C(=O)N[C@@H](CO)C(=O)N[C@@H](Cc1ccc(O)cc1)C(=O)N[C@H](CCCCN)C(=O)N[C@@H](CC(C)C)C(=O)N[C@@H](CCCN=C(N)N)C(=O)N1CCC[C@H]1C(=O)N[C@H](C)C(N)=O. The predicted octanol–water partition coefficient (Wildman–Crippen LogP) is 1.28. The highest BCUT2D eigenvalue weighted by Crippen LogP contribution is 2.27. The third-order valence-corrected chi connectivity index (χ3v) is 18.1. The minimum atomic E-state index is -1.81. The van der Waals surface area contributed by atoms with E-state index in [1.165, 1.54) is 54.3 Å². The number of carbonyl (C=O) groups is 11. The molecule has 0 aliphatic carbocycles. The lowest BCUT2D eigenvalue weighted by atomic mass is 10.00. The summed E-state index contributed by atoms with van der Waals surface area (Å²) in [6, 6.07) is 12.6. The van der Waals surface area contributed by atoms with Crippen LogP contribution >= 0.6 is 34.5 Å². The number of phenolic OH excluding ortho intramolecular Hbond substituents is 1. The molecule has 1 aliphatic heterocycles. The zero-order chi connectivity index (χ0) is 73.2. The molecule has 0 bridgehead atoms. The third-order valence-electron chi connectivity index (χ3n) is 16.6. The molecule has 5 aromatic rings. The largest absolute Gasteiger partial charge is 0.508 e. The van der Waals surface area contributed by atoms with Crippen molar-refractivity contribution < 1.29 is 63.0 Å². The monoisotopic (exact) mass is 1440 g/mol. The second-order valence-electron chi connectivity index (χ2n) is 25.0. The summed E-state index contributed by atoms with van der Waals surface area (Å²) in [7, 11) is 0. The number of carbonyl (C=O) groups excluding carboxylic acids is 11. The number of rotatable bonds is 38. The van der Waals surface area contributed by atoms with Gasteiger partial charge in [0.25, 0.3) is 0 Å². The highest BCUT2D eigenvalue weighted by molar-refractivity contribution is 7.17. The lowest BCUT2D eigenvalue weighted by Crippen LogP contribution is -2.61. The van der Waals surface area contributed by atoms with Crippen molar-refractivity contribution in [3.05, 3.63) is 135 Å². The molecule has 540 valence electrons.